The van der Waals surface area contributed by atoms with E-state index < -0.39 is 28.6 Å². The number of thioether (sulfide) groups is 1. The number of nitrogens with zero attached hydrogens (tertiary/aromatic N) is 2. The van der Waals surface area contributed by atoms with Crippen molar-refractivity contribution >= 4 is 58.2 Å². The van der Waals surface area contributed by atoms with Crippen molar-refractivity contribution in [3.05, 3.63) is 27.3 Å². The van der Waals surface area contributed by atoms with Crippen LogP contribution in [0.4, 0.5) is 9.59 Å². The lowest BCUT2D eigenvalue weighted by atomic mass is 9.75. The van der Waals surface area contributed by atoms with Crippen LogP contribution >= 0.6 is 23.1 Å². The number of carbonyl (C=O) groups excluding carboxylic acids is 5. The van der Waals surface area contributed by atoms with E-state index in [1.54, 1.807) is 6.08 Å². The lowest BCUT2D eigenvalue weighted by molar-refractivity contribution is -0.136. The highest BCUT2D eigenvalue weighted by Gasteiger charge is 2.52. The van der Waals surface area contributed by atoms with Gasteiger partial charge in [0.1, 0.15) is 12.1 Å². The summed E-state index contributed by atoms with van der Waals surface area (Å²) in [6.45, 7) is 1.79. The zero-order valence-electron chi connectivity index (χ0n) is 18.3. The Hall–Kier alpha value is -2.66. The summed E-state index contributed by atoms with van der Waals surface area (Å²) >= 11 is 2.33. The SMILES string of the molecule is CCC1CCC2(CC1)NC(=O)N(CC(=O)NCCN1C(=O)S/C(=C\c3cccs3)C1=O)C2=O. The predicted octanol–water partition coefficient (Wildman–Crippen LogP) is 2.79. The topological polar surface area (TPSA) is 116 Å². The fourth-order valence-corrected chi connectivity index (χ4v) is 6.03. The zero-order chi connectivity index (χ0) is 23.6. The molecule has 1 aliphatic carbocycles. The van der Waals surface area contributed by atoms with Gasteiger partial charge in [-0.2, -0.15) is 0 Å². The average molecular weight is 491 g/mol. The van der Waals surface area contributed by atoms with E-state index in [4.69, 9.17) is 0 Å². The molecule has 0 radical (unpaired) electrons. The van der Waals surface area contributed by atoms with Crippen LogP contribution in [0.2, 0.25) is 0 Å². The molecule has 3 heterocycles. The Morgan fingerprint density at radius 2 is 2.00 bits per heavy atom. The molecule has 2 N–H and O–H groups in total. The number of hydrogen-bond acceptors (Lipinski definition) is 7. The standard InChI is InChI=1S/C22H26N4O5S2/c1-2-14-5-7-22(8-6-14)19(29)26(20(30)24-22)13-17(27)23-9-10-25-18(28)16(33-21(25)31)12-15-4-3-11-32-15/h3-4,11-12,14H,2,5-10,13H2,1H3,(H,23,27)(H,24,30)/b16-12-. The van der Waals surface area contributed by atoms with Crippen LogP contribution in [0.1, 0.15) is 43.9 Å². The molecule has 1 spiro atoms. The normalized spacial score (nSPS) is 26.6. The van der Waals surface area contributed by atoms with Gasteiger partial charge in [0.25, 0.3) is 17.1 Å². The first-order valence-electron chi connectivity index (χ1n) is 11.0. The molecule has 3 aliphatic rings. The lowest BCUT2D eigenvalue weighted by Crippen LogP contribution is -2.50. The molecule has 0 atom stereocenters. The zero-order valence-corrected chi connectivity index (χ0v) is 19.9. The molecule has 0 aromatic carbocycles. The molecule has 0 unspecified atom stereocenters. The van der Waals surface area contributed by atoms with Crippen molar-refractivity contribution in [3.8, 4) is 0 Å². The third-order valence-electron chi connectivity index (χ3n) is 6.43. The van der Waals surface area contributed by atoms with Gasteiger partial charge < -0.3 is 10.6 Å². The molecule has 33 heavy (non-hydrogen) atoms. The Morgan fingerprint density at radius 1 is 1.24 bits per heavy atom. The smallest absolute Gasteiger partial charge is 0.325 e. The van der Waals surface area contributed by atoms with Gasteiger partial charge in [-0.15, -0.1) is 11.3 Å². The summed E-state index contributed by atoms with van der Waals surface area (Å²) in [5.74, 6) is -0.695. The van der Waals surface area contributed by atoms with Crippen LogP contribution in [0.3, 0.4) is 0 Å². The van der Waals surface area contributed by atoms with Gasteiger partial charge in [-0.1, -0.05) is 19.4 Å². The van der Waals surface area contributed by atoms with E-state index in [9.17, 15) is 24.0 Å². The molecular weight excluding hydrogens is 464 g/mol. The largest absolute Gasteiger partial charge is 0.353 e. The third kappa shape index (κ3) is 4.84. The summed E-state index contributed by atoms with van der Waals surface area (Å²) in [6, 6.07) is 3.17. The molecule has 3 fully saturated rings. The van der Waals surface area contributed by atoms with Crippen molar-refractivity contribution in [2.45, 2.75) is 44.6 Å². The maximum absolute atomic E-state index is 12.9. The monoisotopic (exact) mass is 490 g/mol. The molecule has 1 aromatic heterocycles. The first-order valence-corrected chi connectivity index (χ1v) is 12.7. The summed E-state index contributed by atoms with van der Waals surface area (Å²) in [7, 11) is 0. The molecule has 0 bridgehead atoms. The number of imide groups is 2. The van der Waals surface area contributed by atoms with Gasteiger partial charge in [0.15, 0.2) is 0 Å². The molecule has 2 saturated heterocycles. The summed E-state index contributed by atoms with van der Waals surface area (Å²) < 4.78 is 0. The fraction of sp³-hybridized carbons (Fsp3) is 0.500. The molecular formula is C22H26N4O5S2. The van der Waals surface area contributed by atoms with Crippen molar-refractivity contribution in [3.63, 3.8) is 0 Å². The molecule has 6 amide bonds. The first-order chi connectivity index (χ1) is 15.8. The molecule has 176 valence electrons. The Kier molecular flexibility index (Phi) is 6.89. The Labute approximate surface area is 199 Å². The number of thiophene rings is 1. The number of amides is 6. The summed E-state index contributed by atoms with van der Waals surface area (Å²) in [6.07, 6.45) is 5.66. The van der Waals surface area contributed by atoms with E-state index in [0.29, 0.717) is 23.7 Å². The quantitative estimate of drug-likeness (QED) is 0.449. The minimum atomic E-state index is -0.889. The Bertz CT molecular complexity index is 998. The van der Waals surface area contributed by atoms with E-state index in [1.807, 2.05) is 17.5 Å². The molecule has 1 saturated carbocycles. The van der Waals surface area contributed by atoms with Gasteiger partial charge in [0, 0.05) is 18.0 Å². The van der Waals surface area contributed by atoms with Gasteiger partial charge >= 0.3 is 6.03 Å². The van der Waals surface area contributed by atoms with Crippen molar-refractivity contribution < 1.29 is 24.0 Å². The van der Waals surface area contributed by atoms with Gasteiger partial charge in [-0.25, -0.2) is 4.79 Å². The highest BCUT2D eigenvalue weighted by Crippen LogP contribution is 2.37. The maximum atomic E-state index is 12.9. The van der Waals surface area contributed by atoms with Gasteiger partial charge in [-0.05, 0) is 60.9 Å². The summed E-state index contributed by atoms with van der Waals surface area (Å²) in [5.41, 5.74) is -0.889. The van der Waals surface area contributed by atoms with E-state index in [2.05, 4.69) is 17.6 Å². The minimum absolute atomic E-state index is 0.0146. The van der Waals surface area contributed by atoms with Crippen molar-refractivity contribution in [2.24, 2.45) is 5.92 Å². The van der Waals surface area contributed by atoms with Crippen LogP contribution in [0.5, 0.6) is 0 Å². The molecule has 9 nitrogen and oxygen atoms in total. The van der Waals surface area contributed by atoms with Crippen molar-refractivity contribution in [1.82, 2.24) is 20.4 Å². The van der Waals surface area contributed by atoms with Gasteiger partial charge in [0.05, 0.1) is 4.91 Å². The Morgan fingerprint density at radius 3 is 2.67 bits per heavy atom. The highest BCUT2D eigenvalue weighted by molar-refractivity contribution is 8.18. The molecule has 2 aliphatic heterocycles. The molecule has 1 aromatic rings. The summed E-state index contributed by atoms with van der Waals surface area (Å²) in [5, 5.41) is 6.90. The lowest BCUT2D eigenvalue weighted by Gasteiger charge is -2.34. The highest BCUT2D eigenvalue weighted by atomic mass is 32.2. The average Bonchev–Trinajstić information content (AvgIpc) is 3.46. The number of hydrogen-bond donors (Lipinski definition) is 2. The minimum Gasteiger partial charge on any atom is -0.353 e. The number of nitrogens with one attached hydrogen (secondary N) is 2. The van der Waals surface area contributed by atoms with Crippen LogP contribution in [-0.2, 0) is 14.4 Å². The molecule has 11 heteroatoms. The molecule has 4 rings (SSSR count). The Balaban J connectivity index is 1.27. The van der Waals surface area contributed by atoms with Gasteiger partial charge in [0.2, 0.25) is 5.91 Å². The summed E-state index contributed by atoms with van der Waals surface area (Å²) in [4.78, 5) is 65.6. The predicted molar refractivity (Wildman–Crippen MR) is 125 cm³/mol. The van der Waals surface area contributed by atoms with Crippen LogP contribution in [-0.4, -0.2) is 64.0 Å². The van der Waals surface area contributed by atoms with Gasteiger partial charge in [-0.3, -0.25) is 29.0 Å². The van der Waals surface area contributed by atoms with Crippen molar-refractivity contribution in [1.29, 1.82) is 0 Å². The number of rotatable bonds is 7. The van der Waals surface area contributed by atoms with Crippen LogP contribution in [0, 0.1) is 5.92 Å². The van der Waals surface area contributed by atoms with E-state index >= 15 is 0 Å². The number of urea groups is 1. The van der Waals surface area contributed by atoms with Crippen LogP contribution in [0.25, 0.3) is 6.08 Å². The second-order valence-corrected chi connectivity index (χ2v) is 10.4. The second-order valence-electron chi connectivity index (χ2n) is 8.45. The van der Waals surface area contributed by atoms with Crippen molar-refractivity contribution in [2.75, 3.05) is 19.6 Å². The number of carbonyl (C=O) groups is 5. The van der Waals surface area contributed by atoms with Crippen LogP contribution in [0.15, 0.2) is 22.4 Å². The van der Waals surface area contributed by atoms with E-state index in [-0.39, 0.29) is 25.5 Å². The maximum Gasteiger partial charge on any atom is 0.325 e. The fourth-order valence-electron chi connectivity index (χ4n) is 4.44. The van der Waals surface area contributed by atoms with E-state index in [0.717, 1.165) is 45.7 Å². The second kappa shape index (κ2) is 9.68. The van der Waals surface area contributed by atoms with E-state index in [1.165, 1.54) is 11.3 Å². The third-order valence-corrected chi connectivity index (χ3v) is 8.16. The van der Waals surface area contributed by atoms with Crippen LogP contribution < -0.4 is 10.6 Å². The first kappa shape index (κ1) is 23.5.